The van der Waals surface area contributed by atoms with Gasteiger partial charge in [0.2, 0.25) is 5.91 Å². The Balaban J connectivity index is 1.71. The molecule has 0 unspecified atom stereocenters. The SMILES string of the molecule is O=C([C@H]1C[C@@H]1c1ccc(F)cc1F)N1C[C@@H](O)C[C@H]1CO. The summed E-state index contributed by atoms with van der Waals surface area (Å²) in [6.07, 6.45) is 0.266. The second kappa shape index (κ2) is 5.35. The van der Waals surface area contributed by atoms with E-state index in [0.717, 1.165) is 6.07 Å². The van der Waals surface area contributed by atoms with Crippen LogP contribution in [0, 0.1) is 17.6 Å². The lowest BCUT2D eigenvalue weighted by Gasteiger charge is -2.22. The third-order valence-corrected chi connectivity index (χ3v) is 4.36. The Kier molecular flexibility index (Phi) is 3.67. The van der Waals surface area contributed by atoms with Crippen molar-refractivity contribution in [2.45, 2.75) is 30.9 Å². The highest BCUT2D eigenvalue weighted by Gasteiger charge is 2.49. The van der Waals surface area contributed by atoms with Gasteiger partial charge in [0.1, 0.15) is 11.6 Å². The van der Waals surface area contributed by atoms with Crippen molar-refractivity contribution < 1.29 is 23.8 Å². The summed E-state index contributed by atoms with van der Waals surface area (Å²) in [5.74, 6) is -2.02. The Bertz CT molecular complexity index is 566. The number of amides is 1. The van der Waals surface area contributed by atoms with Crippen molar-refractivity contribution in [3.63, 3.8) is 0 Å². The standard InChI is InChI=1S/C15H17F2NO3/c16-8-1-2-11(14(17)3-8)12-5-13(12)15(21)18-6-10(20)4-9(18)7-19/h1-3,9-10,12-13,19-20H,4-7H2/t9-,10-,12+,13-/m0/s1. The second-order valence-electron chi connectivity index (χ2n) is 5.83. The summed E-state index contributed by atoms with van der Waals surface area (Å²) >= 11 is 0. The summed E-state index contributed by atoms with van der Waals surface area (Å²) in [6, 6.07) is 3.02. The maximum Gasteiger partial charge on any atom is 0.226 e. The smallest absolute Gasteiger partial charge is 0.226 e. The molecule has 3 rings (SSSR count). The summed E-state index contributed by atoms with van der Waals surface area (Å²) in [6.45, 7) is 0.0181. The van der Waals surface area contributed by atoms with Gasteiger partial charge in [-0.05, 0) is 30.4 Å². The highest BCUT2D eigenvalue weighted by Crippen LogP contribution is 2.49. The van der Waals surface area contributed by atoms with E-state index in [0.29, 0.717) is 18.4 Å². The van der Waals surface area contributed by atoms with Gasteiger partial charge in [0, 0.05) is 18.5 Å². The van der Waals surface area contributed by atoms with Crippen LogP contribution in [0.4, 0.5) is 8.78 Å². The zero-order chi connectivity index (χ0) is 15.1. The minimum atomic E-state index is -0.636. The van der Waals surface area contributed by atoms with E-state index < -0.39 is 17.7 Å². The second-order valence-corrected chi connectivity index (χ2v) is 5.83. The summed E-state index contributed by atoms with van der Waals surface area (Å²) in [5, 5.41) is 18.9. The van der Waals surface area contributed by atoms with Crippen LogP contribution < -0.4 is 0 Å². The number of aliphatic hydroxyl groups is 2. The molecule has 1 aliphatic carbocycles. The molecule has 2 aliphatic rings. The first kappa shape index (κ1) is 14.4. The number of carbonyl (C=O) groups excluding carboxylic acids is 1. The van der Waals surface area contributed by atoms with Crippen molar-refractivity contribution in [2.24, 2.45) is 5.92 Å². The number of benzene rings is 1. The maximum atomic E-state index is 13.7. The zero-order valence-corrected chi connectivity index (χ0v) is 11.4. The number of hydrogen-bond acceptors (Lipinski definition) is 3. The lowest BCUT2D eigenvalue weighted by Crippen LogP contribution is -2.39. The Morgan fingerprint density at radius 1 is 1.33 bits per heavy atom. The monoisotopic (exact) mass is 297 g/mol. The average molecular weight is 297 g/mol. The number of aliphatic hydroxyl groups excluding tert-OH is 2. The molecule has 0 spiro atoms. The number of carbonyl (C=O) groups is 1. The molecule has 1 heterocycles. The van der Waals surface area contributed by atoms with Crippen molar-refractivity contribution in [3.8, 4) is 0 Å². The predicted molar refractivity (Wildman–Crippen MR) is 70.4 cm³/mol. The molecule has 2 fully saturated rings. The molecule has 1 aromatic carbocycles. The van der Waals surface area contributed by atoms with Gasteiger partial charge in [-0.3, -0.25) is 4.79 Å². The third kappa shape index (κ3) is 2.65. The topological polar surface area (TPSA) is 60.8 Å². The minimum Gasteiger partial charge on any atom is -0.394 e. The molecule has 1 aliphatic heterocycles. The number of likely N-dealkylation sites (tertiary alicyclic amines) is 1. The lowest BCUT2D eigenvalue weighted by molar-refractivity contribution is -0.134. The van der Waals surface area contributed by atoms with Crippen molar-refractivity contribution in [1.29, 1.82) is 0 Å². The fraction of sp³-hybridized carbons (Fsp3) is 0.533. The zero-order valence-electron chi connectivity index (χ0n) is 11.4. The highest BCUT2D eigenvalue weighted by molar-refractivity contribution is 5.83. The fourth-order valence-electron chi connectivity index (χ4n) is 3.16. The van der Waals surface area contributed by atoms with Crippen LogP contribution in [0.5, 0.6) is 0 Å². The maximum absolute atomic E-state index is 13.7. The molecule has 21 heavy (non-hydrogen) atoms. The van der Waals surface area contributed by atoms with Gasteiger partial charge >= 0.3 is 0 Å². The molecular formula is C15H17F2NO3. The molecule has 4 nitrogen and oxygen atoms in total. The number of β-amino-alcohol motifs (C(OH)–C–C–N with tert-alkyl or cyclic N) is 1. The number of rotatable bonds is 3. The van der Waals surface area contributed by atoms with Crippen LogP contribution in [0.2, 0.25) is 0 Å². The molecule has 2 N–H and O–H groups in total. The van der Waals surface area contributed by atoms with Crippen molar-refractivity contribution in [1.82, 2.24) is 4.90 Å². The summed E-state index contributed by atoms with van der Waals surface area (Å²) in [7, 11) is 0. The van der Waals surface area contributed by atoms with E-state index in [1.165, 1.54) is 17.0 Å². The van der Waals surface area contributed by atoms with Gasteiger partial charge in [-0.2, -0.15) is 0 Å². The van der Waals surface area contributed by atoms with Crippen LogP contribution in [0.25, 0.3) is 0 Å². The first-order valence-corrected chi connectivity index (χ1v) is 7.05. The molecule has 0 aromatic heterocycles. The van der Waals surface area contributed by atoms with Crippen LogP contribution in [0.3, 0.4) is 0 Å². The van der Waals surface area contributed by atoms with Gasteiger partial charge in [0.25, 0.3) is 0 Å². The van der Waals surface area contributed by atoms with E-state index in [1.54, 1.807) is 0 Å². The summed E-state index contributed by atoms with van der Waals surface area (Å²) < 4.78 is 26.6. The number of halogens is 2. The quantitative estimate of drug-likeness (QED) is 0.876. The van der Waals surface area contributed by atoms with Gasteiger partial charge < -0.3 is 15.1 Å². The van der Waals surface area contributed by atoms with Gasteiger partial charge in [0.15, 0.2) is 0 Å². The normalized spacial score (nSPS) is 31.5. The summed E-state index contributed by atoms with van der Waals surface area (Å²) in [5.41, 5.74) is 0.357. The van der Waals surface area contributed by atoms with Gasteiger partial charge in [-0.25, -0.2) is 8.78 Å². The Morgan fingerprint density at radius 3 is 2.76 bits per heavy atom. The molecule has 4 atom stereocenters. The van der Waals surface area contributed by atoms with Crippen LogP contribution >= 0.6 is 0 Å². The van der Waals surface area contributed by atoms with Crippen molar-refractivity contribution in [3.05, 3.63) is 35.4 Å². The molecule has 1 amide bonds. The largest absolute Gasteiger partial charge is 0.394 e. The Hall–Kier alpha value is -1.53. The van der Waals surface area contributed by atoms with Crippen LogP contribution in [0.15, 0.2) is 18.2 Å². The molecule has 0 radical (unpaired) electrons. The first-order valence-electron chi connectivity index (χ1n) is 7.05. The Labute approximate surface area is 121 Å². The highest BCUT2D eigenvalue weighted by atomic mass is 19.1. The van der Waals surface area contributed by atoms with Crippen LogP contribution in [-0.4, -0.2) is 46.3 Å². The molecule has 6 heteroatoms. The van der Waals surface area contributed by atoms with E-state index in [1.807, 2.05) is 0 Å². The van der Waals surface area contributed by atoms with Gasteiger partial charge in [-0.15, -0.1) is 0 Å². The molecular weight excluding hydrogens is 280 g/mol. The minimum absolute atomic E-state index is 0.167. The van der Waals surface area contributed by atoms with E-state index in [4.69, 9.17) is 0 Å². The molecule has 114 valence electrons. The first-order chi connectivity index (χ1) is 10.0. The van der Waals surface area contributed by atoms with E-state index in [2.05, 4.69) is 0 Å². The van der Waals surface area contributed by atoms with Crippen molar-refractivity contribution >= 4 is 5.91 Å². The van der Waals surface area contributed by atoms with Crippen molar-refractivity contribution in [2.75, 3.05) is 13.2 Å². The van der Waals surface area contributed by atoms with E-state index >= 15 is 0 Å². The van der Waals surface area contributed by atoms with Gasteiger partial charge in [0.05, 0.1) is 18.8 Å². The van der Waals surface area contributed by atoms with Gasteiger partial charge in [-0.1, -0.05) is 6.07 Å². The fourth-order valence-corrected chi connectivity index (χ4v) is 3.16. The number of nitrogens with zero attached hydrogens (tertiary/aromatic N) is 1. The average Bonchev–Trinajstić information content (AvgIpc) is 3.13. The number of hydrogen-bond donors (Lipinski definition) is 2. The third-order valence-electron chi connectivity index (χ3n) is 4.36. The van der Waals surface area contributed by atoms with E-state index in [9.17, 15) is 23.8 Å². The molecule has 1 saturated heterocycles. The lowest BCUT2D eigenvalue weighted by atomic mass is 10.1. The van der Waals surface area contributed by atoms with Crippen LogP contribution in [0.1, 0.15) is 24.3 Å². The van der Waals surface area contributed by atoms with E-state index in [-0.39, 0.29) is 36.9 Å². The Morgan fingerprint density at radius 2 is 2.10 bits per heavy atom. The molecule has 1 aromatic rings. The van der Waals surface area contributed by atoms with Crippen LogP contribution in [-0.2, 0) is 4.79 Å². The molecule has 0 bridgehead atoms. The summed E-state index contributed by atoms with van der Waals surface area (Å²) in [4.78, 5) is 13.9. The molecule has 1 saturated carbocycles. The predicted octanol–water partition coefficient (Wildman–Crippen LogP) is 1.02.